The summed E-state index contributed by atoms with van der Waals surface area (Å²) in [6, 6.07) is 20.5. The van der Waals surface area contributed by atoms with E-state index in [4.69, 9.17) is 0 Å². The van der Waals surface area contributed by atoms with Crippen LogP contribution < -0.4 is 0 Å². The van der Waals surface area contributed by atoms with Gasteiger partial charge in [-0.25, -0.2) is 0 Å². The van der Waals surface area contributed by atoms with Crippen LogP contribution in [0.15, 0.2) is 60.7 Å². The smallest absolute Gasteiger partial charge is 0.254 e. The first kappa shape index (κ1) is 16.5. The second-order valence-electron chi connectivity index (χ2n) is 6.39. The molecule has 2 aromatic carbocycles. The number of piperidine rings is 1. The Balaban J connectivity index is 1.98. The molecule has 0 aliphatic carbocycles. The van der Waals surface area contributed by atoms with Crippen LogP contribution in [0.2, 0.25) is 0 Å². The molecule has 1 aliphatic rings. The number of carbonyl (C=O) groups excluding carboxylic acids is 1. The van der Waals surface area contributed by atoms with Crippen LogP contribution in [0, 0.1) is 0 Å². The molecule has 2 nitrogen and oxygen atoms in total. The molecule has 2 aromatic rings. The average Bonchev–Trinajstić information content (AvgIpc) is 2.67. The molecule has 0 radical (unpaired) electrons. The third-order valence-corrected chi connectivity index (χ3v) is 4.79. The highest BCUT2D eigenvalue weighted by Crippen LogP contribution is 2.26. The van der Waals surface area contributed by atoms with Crippen LogP contribution in [0.3, 0.4) is 0 Å². The predicted octanol–water partition coefficient (Wildman–Crippen LogP) is 5.02. The molecule has 0 bridgehead atoms. The summed E-state index contributed by atoms with van der Waals surface area (Å²) in [5, 5.41) is 0. The van der Waals surface area contributed by atoms with Gasteiger partial charge in [-0.05, 0) is 42.9 Å². The summed E-state index contributed by atoms with van der Waals surface area (Å²) in [4.78, 5) is 15.4. The second kappa shape index (κ2) is 7.96. The molecule has 0 saturated carbocycles. The lowest BCUT2D eigenvalue weighted by Crippen LogP contribution is -2.43. The van der Waals surface area contributed by atoms with Gasteiger partial charge in [-0.2, -0.15) is 0 Å². The van der Waals surface area contributed by atoms with Crippen molar-refractivity contribution in [3.05, 3.63) is 71.8 Å². The van der Waals surface area contributed by atoms with Gasteiger partial charge in [0.1, 0.15) is 0 Å². The molecule has 24 heavy (non-hydrogen) atoms. The van der Waals surface area contributed by atoms with Gasteiger partial charge in [0.15, 0.2) is 0 Å². The summed E-state index contributed by atoms with van der Waals surface area (Å²) in [5.41, 5.74) is 2.85. The molecule has 1 fully saturated rings. The largest absolute Gasteiger partial charge is 0.336 e. The van der Waals surface area contributed by atoms with Gasteiger partial charge in [-0.15, -0.1) is 0 Å². The molecule has 0 spiro atoms. The van der Waals surface area contributed by atoms with Crippen molar-refractivity contribution in [1.29, 1.82) is 0 Å². The molecule has 3 rings (SSSR count). The van der Waals surface area contributed by atoms with E-state index in [9.17, 15) is 4.79 Å². The number of carbonyl (C=O) groups is 1. The van der Waals surface area contributed by atoms with Gasteiger partial charge in [0, 0.05) is 18.2 Å². The molecule has 1 aliphatic heterocycles. The van der Waals surface area contributed by atoms with Crippen molar-refractivity contribution in [2.45, 2.75) is 38.6 Å². The number of nitrogens with zero attached hydrogens (tertiary/aromatic N) is 1. The maximum absolute atomic E-state index is 13.3. The number of amides is 1. The molecule has 1 saturated heterocycles. The Hall–Kier alpha value is -2.35. The van der Waals surface area contributed by atoms with E-state index >= 15 is 0 Å². The van der Waals surface area contributed by atoms with E-state index in [0.717, 1.165) is 42.5 Å². The summed E-state index contributed by atoms with van der Waals surface area (Å²) in [5.74, 6) is 0.164. The van der Waals surface area contributed by atoms with Gasteiger partial charge < -0.3 is 4.90 Å². The van der Waals surface area contributed by atoms with E-state index in [1.807, 2.05) is 66.7 Å². The van der Waals surface area contributed by atoms with Crippen LogP contribution in [0.25, 0.3) is 11.6 Å². The monoisotopic (exact) mass is 319 g/mol. The Morgan fingerprint density at radius 3 is 2.38 bits per heavy atom. The standard InChI is InChI=1S/C22H25NO/c1-2-20-15-9-10-16-23(20)22(24)21(19-13-7-4-8-14-19)17-18-11-5-3-6-12-18/h3-8,11-14,17,20H,2,9-10,15-16H2,1H3/b21-17-. The van der Waals surface area contributed by atoms with Gasteiger partial charge in [-0.3, -0.25) is 4.79 Å². The highest BCUT2D eigenvalue weighted by atomic mass is 16.2. The van der Waals surface area contributed by atoms with Crippen molar-refractivity contribution in [2.24, 2.45) is 0 Å². The summed E-state index contributed by atoms with van der Waals surface area (Å²) in [6.45, 7) is 3.05. The zero-order valence-corrected chi connectivity index (χ0v) is 14.3. The Bertz CT molecular complexity index is 690. The number of hydrogen-bond acceptors (Lipinski definition) is 1. The predicted molar refractivity (Wildman–Crippen MR) is 100 cm³/mol. The van der Waals surface area contributed by atoms with Crippen LogP contribution in [-0.4, -0.2) is 23.4 Å². The number of likely N-dealkylation sites (tertiary alicyclic amines) is 1. The quantitative estimate of drug-likeness (QED) is 0.572. The first-order valence-electron chi connectivity index (χ1n) is 8.92. The van der Waals surface area contributed by atoms with Crippen molar-refractivity contribution in [3.63, 3.8) is 0 Å². The topological polar surface area (TPSA) is 20.3 Å². The number of hydrogen-bond donors (Lipinski definition) is 0. The fourth-order valence-electron chi connectivity index (χ4n) is 3.45. The maximum Gasteiger partial charge on any atom is 0.254 e. The molecular weight excluding hydrogens is 294 g/mol. The second-order valence-corrected chi connectivity index (χ2v) is 6.39. The fraction of sp³-hybridized carbons (Fsp3) is 0.318. The number of rotatable bonds is 4. The first-order chi connectivity index (χ1) is 11.8. The summed E-state index contributed by atoms with van der Waals surface area (Å²) < 4.78 is 0. The minimum atomic E-state index is 0.164. The maximum atomic E-state index is 13.3. The average molecular weight is 319 g/mol. The van der Waals surface area contributed by atoms with Gasteiger partial charge in [0.25, 0.3) is 5.91 Å². The Morgan fingerprint density at radius 1 is 1.04 bits per heavy atom. The van der Waals surface area contributed by atoms with Crippen LogP contribution >= 0.6 is 0 Å². The molecule has 1 heterocycles. The summed E-state index contributed by atoms with van der Waals surface area (Å²) in [6.07, 6.45) is 6.51. The normalized spacial score (nSPS) is 18.5. The number of benzene rings is 2. The van der Waals surface area contributed by atoms with Gasteiger partial charge in [0.2, 0.25) is 0 Å². The zero-order valence-electron chi connectivity index (χ0n) is 14.3. The lowest BCUT2D eigenvalue weighted by Gasteiger charge is -2.36. The summed E-state index contributed by atoms with van der Waals surface area (Å²) >= 11 is 0. The van der Waals surface area contributed by atoms with Crippen molar-refractivity contribution < 1.29 is 4.79 Å². The third kappa shape index (κ3) is 3.76. The van der Waals surface area contributed by atoms with Gasteiger partial charge >= 0.3 is 0 Å². The van der Waals surface area contributed by atoms with Gasteiger partial charge in [-0.1, -0.05) is 67.6 Å². The first-order valence-corrected chi connectivity index (χ1v) is 8.92. The highest BCUT2D eigenvalue weighted by Gasteiger charge is 2.27. The molecule has 124 valence electrons. The zero-order chi connectivity index (χ0) is 16.8. The summed E-state index contributed by atoms with van der Waals surface area (Å²) in [7, 11) is 0. The van der Waals surface area contributed by atoms with E-state index in [1.165, 1.54) is 6.42 Å². The van der Waals surface area contributed by atoms with Crippen LogP contribution in [0.5, 0.6) is 0 Å². The molecule has 0 N–H and O–H groups in total. The Kier molecular flexibility index (Phi) is 5.47. The lowest BCUT2D eigenvalue weighted by atomic mass is 9.96. The van der Waals surface area contributed by atoms with E-state index in [1.54, 1.807) is 0 Å². The molecular formula is C22H25NO. The highest BCUT2D eigenvalue weighted by molar-refractivity contribution is 6.24. The Labute approximate surface area is 144 Å². The van der Waals surface area contributed by atoms with Gasteiger partial charge in [0.05, 0.1) is 0 Å². The fourth-order valence-corrected chi connectivity index (χ4v) is 3.45. The molecule has 0 aromatic heterocycles. The minimum Gasteiger partial charge on any atom is -0.336 e. The minimum absolute atomic E-state index is 0.164. The molecule has 1 amide bonds. The van der Waals surface area contributed by atoms with Crippen LogP contribution in [0.1, 0.15) is 43.7 Å². The van der Waals surface area contributed by atoms with E-state index in [2.05, 4.69) is 11.8 Å². The van der Waals surface area contributed by atoms with E-state index < -0.39 is 0 Å². The van der Waals surface area contributed by atoms with Crippen molar-refractivity contribution in [2.75, 3.05) is 6.54 Å². The molecule has 1 unspecified atom stereocenters. The van der Waals surface area contributed by atoms with Crippen LogP contribution in [-0.2, 0) is 4.79 Å². The van der Waals surface area contributed by atoms with Crippen molar-refractivity contribution >= 4 is 17.6 Å². The lowest BCUT2D eigenvalue weighted by molar-refractivity contribution is -0.128. The molecule has 1 atom stereocenters. The van der Waals surface area contributed by atoms with Crippen molar-refractivity contribution in [3.8, 4) is 0 Å². The van der Waals surface area contributed by atoms with Crippen molar-refractivity contribution in [1.82, 2.24) is 4.90 Å². The van der Waals surface area contributed by atoms with E-state index in [-0.39, 0.29) is 5.91 Å². The SMILES string of the molecule is CCC1CCCCN1C(=O)/C(=C\c1ccccc1)c1ccccc1. The van der Waals surface area contributed by atoms with E-state index in [0.29, 0.717) is 6.04 Å². The third-order valence-electron chi connectivity index (χ3n) is 4.79. The Morgan fingerprint density at radius 2 is 1.71 bits per heavy atom. The van der Waals surface area contributed by atoms with Crippen LogP contribution in [0.4, 0.5) is 0 Å². The molecule has 2 heteroatoms.